The lowest BCUT2D eigenvalue weighted by atomic mass is 10.0. The zero-order chi connectivity index (χ0) is 21.8. The Hall–Kier alpha value is -3.47. The van der Waals surface area contributed by atoms with Gasteiger partial charge in [0, 0.05) is 17.7 Å². The van der Waals surface area contributed by atoms with Gasteiger partial charge in [-0.15, -0.1) is 0 Å². The summed E-state index contributed by atoms with van der Waals surface area (Å²) in [6, 6.07) is 18.2. The number of aryl methyl sites for hydroxylation is 2. The summed E-state index contributed by atoms with van der Waals surface area (Å²) in [5.41, 5.74) is 7.02. The number of carbonyl (C=O) groups excluding carboxylic acids is 1. The van der Waals surface area contributed by atoms with Gasteiger partial charge in [0.1, 0.15) is 0 Å². The van der Waals surface area contributed by atoms with Gasteiger partial charge in [-0.1, -0.05) is 79.4 Å². The van der Waals surface area contributed by atoms with E-state index >= 15 is 0 Å². The van der Waals surface area contributed by atoms with E-state index < -0.39 is 0 Å². The van der Waals surface area contributed by atoms with Crippen molar-refractivity contribution in [3.8, 4) is 22.5 Å². The number of pyridine rings is 1. The van der Waals surface area contributed by atoms with E-state index in [1.165, 1.54) is 11.1 Å². The molecular weight excluding hydrogens is 384 g/mol. The molecule has 2 aromatic heterocycles. The molecule has 2 heterocycles. The zero-order valence-corrected chi connectivity index (χ0v) is 18.3. The highest BCUT2D eigenvalue weighted by atomic mass is 16.1. The van der Waals surface area contributed by atoms with Crippen LogP contribution in [0.25, 0.3) is 33.5 Å². The molecule has 0 aliphatic heterocycles. The van der Waals surface area contributed by atoms with E-state index in [9.17, 15) is 4.79 Å². The number of hydrogen-bond acceptors (Lipinski definition) is 3. The van der Waals surface area contributed by atoms with Crippen molar-refractivity contribution in [3.05, 3.63) is 71.3 Å². The third-order valence-corrected chi connectivity index (χ3v) is 5.52. The Morgan fingerprint density at radius 3 is 2.23 bits per heavy atom. The standard InChI is InChI=1S/C26H28N4O/c1-4-5-6-15-27-26(31)21-16-22(19-11-7-17(2)8-12-19)28-25-23(21)24(29-30-25)20-13-9-18(3)10-14-20/h7-14,16H,4-6,15H2,1-3H3,(H,27,31)(H,28,29,30). The number of aromatic amines is 1. The first-order chi connectivity index (χ1) is 15.1. The maximum atomic E-state index is 13.2. The minimum atomic E-state index is -0.0911. The van der Waals surface area contributed by atoms with Crippen molar-refractivity contribution < 1.29 is 4.79 Å². The fourth-order valence-electron chi connectivity index (χ4n) is 3.68. The number of unbranched alkanes of at least 4 members (excludes halogenated alkanes) is 2. The van der Waals surface area contributed by atoms with Gasteiger partial charge >= 0.3 is 0 Å². The lowest BCUT2D eigenvalue weighted by molar-refractivity contribution is 0.0954. The highest BCUT2D eigenvalue weighted by molar-refractivity contribution is 6.10. The average molecular weight is 413 g/mol. The molecule has 2 aromatic carbocycles. The Morgan fingerprint density at radius 2 is 1.58 bits per heavy atom. The number of benzene rings is 2. The van der Waals surface area contributed by atoms with Crippen molar-refractivity contribution in [1.82, 2.24) is 20.5 Å². The molecule has 0 saturated carbocycles. The zero-order valence-electron chi connectivity index (χ0n) is 18.3. The van der Waals surface area contributed by atoms with Gasteiger partial charge in [0.05, 0.1) is 22.3 Å². The van der Waals surface area contributed by atoms with Gasteiger partial charge < -0.3 is 5.32 Å². The second-order valence-corrected chi connectivity index (χ2v) is 8.05. The first kappa shape index (κ1) is 20.8. The predicted octanol–water partition coefficient (Wildman–Crippen LogP) is 5.83. The normalized spacial score (nSPS) is 11.1. The summed E-state index contributed by atoms with van der Waals surface area (Å²) in [5.74, 6) is -0.0911. The minimum Gasteiger partial charge on any atom is -0.352 e. The summed E-state index contributed by atoms with van der Waals surface area (Å²) in [6.45, 7) is 6.92. The van der Waals surface area contributed by atoms with Crippen LogP contribution in [0.3, 0.4) is 0 Å². The van der Waals surface area contributed by atoms with Crippen LogP contribution in [0.2, 0.25) is 0 Å². The first-order valence-corrected chi connectivity index (χ1v) is 10.9. The number of rotatable bonds is 7. The third kappa shape index (κ3) is 4.50. The van der Waals surface area contributed by atoms with Crippen LogP contribution in [-0.4, -0.2) is 27.6 Å². The largest absolute Gasteiger partial charge is 0.352 e. The number of carbonyl (C=O) groups is 1. The summed E-state index contributed by atoms with van der Waals surface area (Å²) >= 11 is 0. The van der Waals surface area contributed by atoms with Crippen molar-refractivity contribution in [2.24, 2.45) is 0 Å². The molecule has 0 atom stereocenters. The van der Waals surface area contributed by atoms with E-state index in [1.54, 1.807) is 0 Å². The van der Waals surface area contributed by atoms with Crippen LogP contribution >= 0.6 is 0 Å². The van der Waals surface area contributed by atoms with Crippen molar-refractivity contribution >= 4 is 16.9 Å². The topological polar surface area (TPSA) is 70.7 Å². The second-order valence-electron chi connectivity index (χ2n) is 8.05. The summed E-state index contributed by atoms with van der Waals surface area (Å²) in [4.78, 5) is 18.0. The highest BCUT2D eigenvalue weighted by Gasteiger charge is 2.20. The third-order valence-electron chi connectivity index (χ3n) is 5.52. The SMILES string of the molecule is CCCCCNC(=O)c1cc(-c2ccc(C)cc2)nc2n[nH]c(-c3ccc(C)cc3)c12. The molecule has 2 N–H and O–H groups in total. The number of H-pyrrole nitrogens is 1. The Kier molecular flexibility index (Phi) is 6.12. The fraction of sp³-hybridized carbons (Fsp3) is 0.269. The molecule has 0 fully saturated rings. The van der Waals surface area contributed by atoms with Gasteiger partial charge in [0.25, 0.3) is 5.91 Å². The van der Waals surface area contributed by atoms with Crippen molar-refractivity contribution in [3.63, 3.8) is 0 Å². The van der Waals surface area contributed by atoms with E-state index in [0.29, 0.717) is 17.8 Å². The smallest absolute Gasteiger partial charge is 0.252 e. The number of amides is 1. The van der Waals surface area contributed by atoms with Crippen LogP contribution in [0.5, 0.6) is 0 Å². The van der Waals surface area contributed by atoms with Gasteiger partial charge in [-0.2, -0.15) is 5.10 Å². The van der Waals surface area contributed by atoms with Crippen molar-refractivity contribution in [2.75, 3.05) is 6.54 Å². The lowest BCUT2D eigenvalue weighted by Crippen LogP contribution is -2.24. The molecule has 4 rings (SSSR count). The average Bonchev–Trinajstić information content (AvgIpc) is 3.21. The maximum Gasteiger partial charge on any atom is 0.252 e. The van der Waals surface area contributed by atoms with Crippen molar-refractivity contribution in [1.29, 1.82) is 0 Å². The van der Waals surface area contributed by atoms with Gasteiger partial charge in [0.2, 0.25) is 0 Å². The van der Waals surface area contributed by atoms with Crippen LogP contribution in [-0.2, 0) is 0 Å². The van der Waals surface area contributed by atoms with Gasteiger partial charge in [-0.25, -0.2) is 4.98 Å². The van der Waals surface area contributed by atoms with Gasteiger partial charge in [0.15, 0.2) is 5.65 Å². The number of nitrogens with one attached hydrogen (secondary N) is 2. The summed E-state index contributed by atoms with van der Waals surface area (Å²) in [7, 11) is 0. The number of fused-ring (bicyclic) bond motifs is 1. The Bertz CT molecular complexity index is 1190. The Morgan fingerprint density at radius 1 is 0.935 bits per heavy atom. The number of aromatic nitrogens is 3. The highest BCUT2D eigenvalue weighted by Crippen LogP contribution is 2.31. The molecule has 31 heavy (non-hydrogen) atoms. The molecule has 0 aliphatic carbocycles. The van der Waals surface area contributed by atoms with Crippen LogP contribution in [0.15, 0.2) is 54.6 Å². The number of nitrogens with zero attached hydrogens (tertiary/aromatic N) is 2. The molecule has 0 aliphatic rings. The lowest BCUT2D eigenvalue weighted by Gasteiger charge is -2.10. The van der Waals surface area contributed by atoms with Crippen LogP contribution in [0.4, 0.5) is 0 Å². The summed E-state index contributed by atoms with van der Waals surface area (Å²) in [6.07, 6.45) is 3.19. The molecular formula is C26H28N4O. The Labute approximate surface area is 182 Å². The van der Waals surface area contributed by atoms with E-state index in [0.717, 1.165) is 47.2 Å². The van der Waals surface area contributed by atoms with Crippen LogP contribution in [0, 0.1) is 13.8 Å². The van der Waals surface area contributed by atoms with Gasteiger partial charge in [-0.3, -0.25) is 9.89 Å². The molecule has 0 bridgehead atoms. The molecule has 1 amide bonds. The van der Waals surface area contributed by atoms with Crippen LogP contribution in [0.1, 0.15) is 47.7 Å². The molecule has 0 saturated heterocycles. The molecule has 158 valence electrons. The predicted molar refractivity (Wildman–Crippen MR) is 126 cm³/mol. The minimum absolute atomic E-state index is 0.0911. The van der Waals surface area contributed by atoms with Crippen LogP contribution < -0.4 is 5.32 Å². The van der Waals surface area contributed by atoms with E-state index in [4.69, 9.17) is 4.98 Å². The van der Waals surface area contributed by atoms with Crippen molar-refractivity contribution in [2.45, 2.75) is 40.0 Å². The fourth-order valence-corrected chi connectivity index (χ4v) is 3.68. The van der Waals surface area contributed by atoms with E-state index in [-0.39, 0.29) is 5.91 Å². The van der Waals surface area contributed by atoms with E-state index in [2.05, 4.69) is 48.4 Å². The quantitative estimate of drug-likeness (QED) is 0.375. The number of hydrogen-bond donors (Lipinski definition) is 2. The summed E-state index contributed by atoms with van der Waals surface area (Å²) in [5, 5.41) is 11.4. The van der Waals surface area contributed by atoms with Gasteiger partial charge in [-0.05, 0) is 26.3 Å². The first-order valence-electron chi connectivity index (χ1n) is 10.9. The molecule has 4 aromatic rings. The molecule has 5 heteroatoms. The monoisotopic (exact) mass is 412 g/mol. The summed E-state index contributed by atoms with van der Waals surface area (Å²) < 4.78 is 0. The van der Waals surface area contributed by atoms with E-state index in [1.807, 2.05) is 42.5 Å². The Balaban J connectivity index is 1.82. The molecule has 0 unspecified atom stereocenters. The maximum absolute atomic E-state index is 13.2. The molecule has 5 nitrogen and oxygen atoms in total. The second kappa shape index (κ2) is 9.13. The molecule has 0 radical (unpaired) electrons. The molecule has 0 spiro atoms.